The van der Waals surface area contributed by atoms with E-state index in [2.05, 4.69) is 0 Å². The summed E-state index contributed by atoms with van der Waals surface area (Å²) in [5.74, 6) is 0.649. The van der Waals surface area contributed by atoms with Crippen LogP contribution in [0.15, 0.2) is 29.2 Å². The first-order valence-corrected chi connectivity index (χ1v) is 9.19. The lowest BCUT2D eigenvalue weighted by atomic mass is 9.96. The molecule has 2 rings (SSSR count). The molecular formula is C16H25NO4S. The third kappa shape index (κ3) is 4.21. The summed E-state index contributed by atoms with van der Waals surface area (Å²) in [6, 6.07) is 6.72. The Labute approximate surface area is 133 Å². The molecule has 1 aliphatic carbocycles. The molecule has 0 saturated heterocycles. The first-order valence-electron chi connectivity index (χ1n) is 7.75. The molecule has 0 amide bonds. The first kappa shape index (κ1) is 17.2. The van der Waals surface area contributed by atoms with E-state index in [4.69, 9.17) is 9.47 Å². The molecule has 124 valence electrons. The van der Waals surface area contributed by atoms with Gasteiger partial charge in [-0.25, -0.2) is 8.42 Å². The summed E-state index contributed by atoms with van der Waals surface area (Å²) >= 11 is 0. The van der Waals surface area contributed by atoms with Crippen LogP contribution in [0.25, 0.3) is 0 Å². The highest BCUT2D eigenvalue weighted by Gasteiger charge is 2.28. The van der Waals surface area contributed by atoms with Gasteiger partial charge in [0.05, 0.1) is 11.5 Å². The molecule has 0 N–H and O–H groups in total. The molecule has 1 aliphatic rings. The Morgan fingerprint density at radius 1 is 1.09 bits per heavy atom. The average Bonchev–Trinajstić information content (AvgIpc) is 2.55. The number of hydrogen-bond donors (Lipinski definition) is 0. The van der Waals surface area contributed by atoms with Crippen molar-refractivity contribution in [2.45, 2.75) is 43.0 Å². The highest BCUT2D eigenvalue weighted by atomic mass is 32.2. The monoisotopic (exact) mass is 327 g/mol. The van der Waals surface area contributed by atoms with Gasteiger partial charge in [-0.15, -0.1) is 0 Å². The average molecular weight is 327 g/mol. The summed E-state index contributed by atoms with van der Waals surface area (Å²) in [5.41, 5.74) is 0. The highest BCUT2D eigenvalue weighted by molar-refractivity contribution is 7.89. The molecule has 0 unspecified atom stereocenters. The van der Waals surface area contributed by atoms with E-state index in [1.54, 1.807) is 38.4 Å². The molecule has 0 aromatic heterocycles. The summed E-state index contributed by atoms with van der Waals surface area (Å²) in [4.78, 5) is 0.319. The van der Waals surface area contributed by atoms with Crippen LogP contribution in [0.4, 0.5) is 0 Å². The predicted octanol–water partition coefficient (Wildman–Crippen LogP) is 2.67. The Bertz CT molecular complexity index is 550. The molecule has 1 aromatic rings. The molecule has 22 heavy (non-hydrogen) atoms. The predicted molar refractivity (Wildman–Crippen MR) is 85.6 cm³/mol. The number of rotatable bonds is 7. The van der Waals surface area contributed by atoms with Crippen LogP contribution >= 0.6 is 0 Å². The number of nitrogens with zero attached hydrogens (tertiary/aromatic N) is 1. The third-order valence-electron chi connectivity index (χ3n) is 4.15. The van der Waals surface area contributed by atoms with Crippen molar-refractivity contribution in [3.63, 3.8) is 0 Å². The van der Waals surface area contributed by atoms with Crippen molar-refractivity contribution >= 4 is 10.0 Å². The zero-order chi connectivity index (χ0) is 16.0. The number of benzene rings is 1. The SMILES string of the molecule is COCCOc1ccc(S(=O)(=O)N(C)C2CCCCC2)cc1. The zero-order valence-corrected chi connectivity index (χ0v) is 14.1. The molecule has 0 bridgehead atoms. The maximum Gasteiger partial charge on any atom is 0.243 e. The Morgan fingerprint density at radius 3 is 2.32 bits per heavy atom. The lowest BCUT2D eigenvalue weighted by Gasteiger charge is -2.30. The van der Waals surface area contributed by atoms with Crippen molar-refractivity contribution in [1.29, 1.82) is 0 Å². The summed E-state index contributed by atoms with van der Waals surface area (Å²) in [7, 11) is -0.127. The van der Waals surface area contributed by atoms with E-state index < -0.39 is 10.0 Å². The fourth-order valence-electron chi connectivity index (χ4n) is 2.76. The standard InChI is InChI=1S/C16H25NO4S/c1-17(14-6-4-3-5-7-14)22(18,19)16-10-8-15(9-11-16)21-13-12-20-2/h8-11,14H,3-7,12-13H2,1-2H3. The van der Waals surface area contributed by atoms with Gasteiger partial charge < -0.3 is 9.47 Å². The maximum absolute atomic E-state index is 12.7. The maximum atomic E-state index is 12.7. The normalized spacial score (nSPS) is 16.9. The highest BCUT2D eigenvalue weighted by Crippen LogP contribution is 2.27. The number of hydrogen-bond acceptors (Lipinski definition) is 4. The Kier molecular flexibility index (Phi) is 6.23. The Morgan fingerprint density at radius 2 is 1.73 bits per heavy atom. The van der Waals surface area contributed by atoms with Crippen molar-refractivity contribution < 1.29 is 17.9 Å². The minimum absolute atomic E-state index is 0.122. The van der Waals surface area contributed by atoms with Gasteiger partial charge in [-0.05, 0) is 37.1 Å². The summed E-state index contributed by atoms with van der Waals surface area (Å²) < 4.78 is 37.2. The summed E-state index contributed by atoms with van der Waals surface area (Å²) in [6.07, 6.45) is 5.33. The second-order valence-corrected chi connectivity index (χ2v) is 7.62. The van der Waals surface area contributed by atoms with Crippen molar-refractivity contribution in [3.05, 3.63) is 24.3 Å². The van der Waals surface area contributed by atoms with Crippen LogP contribution in [0.1, 0.15) is 32.1 Å². The van der Waals surface area contributed by atoms with Gasteiger partial charge in [-0.1, -0.05) is 19.3 Å². The third-order valence-corrected chi connectivity index (χ3v) is 6.07. The van der Waals surface area contributed by atoms with E-state index in [0.29, 0.717) is 23.9 Å². The minimum atomic E-state index is -3.43. The van der Waals surface area contributed by atoms with E-state index in [1.165, 1.54) is 10.7 Å². The molecule has 1 fully saturated rings. The van der Waals surface area contributed by atoms with Crippen molar-refractivity contribution in [2.75, 3.05) is 27.4 Å². The van der Waals surface area contributed by atoms with Crippen molar-refractivity contribution in [1.82, 2.24) is 4.31 Å². The van der Waals surface area contributed by atoms with E-state index in [1.807, 2.05) is 0 Å². The van der Waals surface area contributed by atoms with Crippen LogP contribution in [0.2, 0.25) is 0 Å². The number of ether oxygens (including phenoxy) is 2. The molecule has 0 radical (unpaired) electrons. The molecule has 0 atom stereocenters. The molecule has 6 heteroatoms. The molecular weight excluding hydrogens is 302 g/mol. The smallest absolute Gasteiger partial charge is 0.243 e. The van der Waals surface area contributed by atoms with Crippen molar-refractivity contribution in [3.8, 4) is 5.75 Å². The van der Waals surface area contributed by atoms with Gasteiger partial charge in [0, 0.05) is 20.2 Å². The topological polar surface area (TPSA) is 55.8 Å². The second-order valence-electron chi connectivity index (χ2n) is 5.63. The quantitative estimate of drug-likeness (QED) is 0.723. The van der Waals surface area contributed by atoms with Gasteiger partial charge in [0.25, 0.3) is 0 Å². The van der Waals surface area contributed by atoms with Crippen molar-refractivity contribution in [2.24, 2.45) is 0 Å². The zero-order valence-electron chi connectivity index (χ0n) is 13.3. The van der Waals surface area contributed by atoms with Gasteiger partial charge in [0.1, 0.15) is 12.4 Å². The lowest BCUT2D eigenvalue weighted by molar-refractivity contribution is 0.146. The second kappa shape index (κ2) is 7.94. The number of sulfonamides is 1. The van der Waals surface area contributed by atoms with Crippen LogP contribution < -0.4 is 4.74 Å². The largest absolute Gasteiger partial charge is 0.491 e. The molecule has 0 spiro atoms. The fraction of sp³-hybridized carbons (Fsp3) is 0.625. The van der Waals surface area contributed by atoms with Crippen LogP contribution in [0.3, 0.4) is 0 Å². The van der Waals surface area contributed by atoms with Gasteiger partial charge >= 0.3 is 0 Å². The van der Waals surface area contributed by atoms with Crippen LogP contribution in [0.5, 0.6) is 5.75 Å². The summed E-state index contributed by atoms with van der Waals surface area (Å²) in [6.45, 7) is 0.953. The van der Waals surface area contributed by atoms with Gasteiger partial charge in [0.2, 0.25) is 10.0 Å². The number of methoxy groups -OCH3 is 1. The van der Waals surface area contributed by atoms with E-state index in [9.17, 15) is 8.42 Å². The fourth-order valence-corrected chi connectivity index (χ4v) is 4.17. The molecule has 0 aliphatic heterocycles. The van der Waals surface area contributed by atoms with Crippen LogP contribution in [-0.4, -0.2) is 46.1 Å². The molecule has 5 nitrogen and oxygen atoms in total. The molecule has 0 heterocycles. The van der Waals surface area contributed by atoms with Crippen LogP contribution in [-0.2, 0) is 14.8 Å². The van der Waals surface area contributed by atoms with Gasteiger partial charge in [-0.2, -0.15) is 4.31 Å². The van der Waals surface area contributed by atoms with E-state index >= 15 is 0 Å². The van der Waals surface area contributed by atoms with Gasteiger partial charge in [-0.3, -0.25) is 0 Å². The Balaban J connectivity index is 2.05. The molecule has 1 saturated carbocycles. The summed E-state index contributed by atoms with van der Waals surface area (Å²) in [5, 5.41) is 0. The van der Waals surface area contributed by atoms with E-state index in [0.717, 1.165) is 25.7 Å². The molecule has 1 aromatic carbocycles. The van der Waals surface area contributed by atoms with Gasteiger partial charge in [0.15, 0.2) is 0 Å². The lowest BCUT2D eigenvalue weighted by Crippen LogP contribution is -2.38. The van der Waals surface area contributed by atoms with E-state index in [-0.39, 0.29) is 6.04 Å². The Hall–Kier alpha value is -1.11. The first-order chi connectivity index (χ1) is 10.6. The minimum Gasteiger partial charge on any atom is -0.491 e. The van der Waals surface area contributed by atoms with Crippen LogP contribution in [0, 0.1) is 0 Å².